The van der Waals surface area contributed by atoms with E-state index in [0.717, 1.165) is 26.2 Å². The maximum atomic E-state index is 11.2. The fourth-order valence-electron chi connectivity index (χ4n) is 3.07. The molecular weight excluding hydrogens is 278 g/mol. The molecule has 1 saturated carbocycles. The summed E-state index contributed by atoms with van der Waals surface area (Å²) >= 11 is 0. The monoisotopic (exact) mass is 305 g/mol. The zero-order valence-corrected chi connectivity index (χ0v) is 13.1. The Morgan fingerprint density at radius 1 is 1.15 bits per heavy atom. The predicted octanol–water partition coefficient (Wildman–Crippen LogP) is 0.403. The molecule has 2 rings (SSSR count). The number of nitrogens with two attached hydrogens (primary N) is 1. The largest absolute Gasteiger partial charge is 0.377 e. The Morgan fingerprint density at radius 3 is 2.40 bits per heavy atom. The van der Waals surface area contributed by atoms with Gasteiger partial charge in [-0.05, 0) is 18.8 Å². The Balaban J connectivity index is 1.64. The SMILES string of the molecule is CC1CCCCC1OCCN1CCN(S(N)(=O)=O)CC1. The first-order valence-corrected chi connectivity index (χ1v) is 9.09. The van der Waals surface area contributed by atoms with Crippen LogP contribution in [0.1, 0.15) is 32.6 Å². The lowest BCUT2D eigenvalue weighted by Crippen LogP contribution is -2.51. The molecule has 2 atom stereocenters. The third-order valence-corrected chi connectivity index (χ3v) is 5.55. The molecule has 1 aliphatic heterocycles. The fourth-order valence-corrected chi connectivity index (χ4v) is 3.74. The van der Waals surface area contributed by atoms with Gasteiger partial charge in [0.25, 0.3) is 10.2 Å². The summed E-state index contributed by atoms with van der Waals surface area (Å²) in [5.74, 6) is 0.669. The molecule has 6 nitrogen and oxygen atoms in total. The molecule has 0 spiro atoms. The van der Waals surface area contributed by atoms with Gasteiger partial charge in [-0.15, -0.1) is 0 Å². The van der Waals surface area contributed by atoms with Crippen molar-refractivity contribution in [3.8, 4) is 0 Å². The van der Waals surface area contributed by atoms with Crippen molar-refractivity contribution < 1.29 is 13.2 Å². The zero-order valence-electron chi connectivity index (χ0n) is 12.3. The minimum Gasteiger partial charge on any atom is -0.377 e. The van der Waals surface area contributed by atoms with Crippen LogP contribution in [0.5, 0.6) is 0 Å². The summed E-state index contributed by atoms with van der Waals surface area (Å²) in [6.45, 7) is 6.33. The minimum absolute atomic E-state index is 0.412. The van der Waals surface area contributed by atoms with Crippen LogP contribution in [-0.4, -0.2) is 63.1 Å². The van der Waals surface area contributed by atoms with Gasteiger partial charge in [0.2, 0.25) is 0 Å². The first-order chi connectivity index (χ1) is 9.47. The molecule has 2 aliphatic rings. The summed E-state index contributed by atoms with van der Waals surface area (Å²) in [6, 6.07) is 0. The molecule has 118 valence electrons. The molecule has 0 bridgehead atoms. The molecule has 7 heteroatoms. The maximum Gasteiger partial charge on any atom is 0.276 e. The van der Waals surface area contributed by atoms with Crippen molar-refractivity contribution in [3.63, 3.8) is 0 Å². The average molecular weight is 305 g/mol. The summed E-state index contributed by atoms with van der Waals surface area (Å²) in [7, 11) is -3.52. The van der Waals surface area contributed by atoms with Gasteiger partial charge in [-0.2, -0.15) is 12.7 Å². The van der Waals surface area contributed by atoms with Crippen LogP contribution >= 0.6 is 0 Å². The number of piperazine rings is 1. The third-order valence-electron chi connectivity index (χ3n) is 4.46. The molecule has 0 aromatic carbocycles. The van der Waals surface area contributed by atoms with Crippen LogP contribution in [0.4, 0.5) is 0 Å². The quantitative estimate of drug-likeness (QED) is 0.798. The van der Waals surface area contributed by atoms with Crippen LogP contribution in [-0.2, 0) is 14.9 Å². The van der Waals surface area contributed by atoms with Gasteiger partial charge in [0.15, 0.2) is 0 Å². The van der Waals surface area contributed by atoms with E-state index >= 15 is 0 Å². The van der Waals surface area contributed by atoms with Gasteiger partial charge in [-0.1, -0.05) is 19.8 Å². The van der Waals surface area contributed by atoms with E-state index < -0.39 is 10.2 Å². The van der Waals surface area contributed by atoms with E-state index in [1.807, 2.05) is 0 Å². The van der Waals surface area contributed by atoms with E-state index in [4.69, 9.17) is 9.88 Å². The highest BCUT2D eigenvalue weighted by molar-refractivity contribution is 7.86. The second-order valence-corrected chi connectivity index (χ2v) is 7.50. The van der Waals surface area contributed by atoms with E-state index in [1.54, 1.807) is 0 Å². The maximum absolute atomic E-state index is 11.2. The summed E-state index contributed by atoms with van der Waals surface area (Å²) in [5.41, 5.74) is 0. The smallest absolute Gasteiger partial charge is 0.276 e. The molecule has 0 aromatic heterocycles. The molecule has 20 heavy (non-hydrogen) atoms. The summed E-state index contributed by atoms with van der Waals surface area (Å²) in [4.78, 5) is 2.25. The van der Waals surface area contributed by atoms with Gasteiger partial charge < -0.3 is 4.74 Å². The lowest BCUT2D eigenvalue weighted by molar-refractivity contribution is -0.0160. The van der Waals surface area contributed by atoms with Gasteiger partial charge in [0, 0.05) is 32.7 Å². The first-order valence-electron chi connectivity index (χ1n) is 7.58. The topological polar surface area (TPSA) is 75.9 Å². The van der Waals surface area contributed by atoms with E-state index in [1.165, 1.54) is 30.0 Å². The number of rotatable bonds is 5. The molecule has 0 aromatic rings. The van der Waals surface area contributed by atoms with Gasteiger partial charge in [-0.3, -0.25) is 4.90 Å². The molecule has 2 fully saturated rings. The number of hydrogen-bond acceptors (Lipinski definition) is 4. The second-order valence-electron chi connectivity index (χ2n) is 5.96. The van der Waals surface area contributed by atoms with Crippen LogP contribution in [0.15, 0.2) is 0 Å². The van der Waals surface area contributed by atoms with Crippen molar-refractivity contribution in [1.29, 1.82) is 0 Å². The standard InChI is InChI=1S/C13H27N3O3S/c1-12-4-2-3-5-13(12)19-11-10-15-6-8-16(9-7-15)20(14,17)18/h12-13H,2-11H2,1H3,(H2,14,17,18). The van der Waals surface area contributed by atoms with Gasteiger partial charge >= 0.3 is 0 Å². The van der Waals surface area contributed by atoms with Gasteiger partial charge in [0.1, 0.15) is 0 Å². The van der Waals surface area contributed by atoms with Crippen LogP contribution < -0.4 is 5.14 Å². The van der Waals surface area contributed by atoms with E-state index in [0.29, 0.717) is 25.1 Å². The lowest BCUT2D eigenvalue weighted by atomic mass is 9.88. The predicted molar refractivity (Wildman–Crippen MR) is 78.5 cm³/mol. The van der Waals surface area contributed by atoms with Crippen molar-refractivity contribution in [2.75, 3.05) is 39.3 Å². The highest BCUT2D eigenvalue weighted by Gasteiger charge is 2.25. The Kier molecular flexibility index (Phi) is 5.80. The normalized spacial score (nSPS) is 30.5. The van der Waals surface area contributed by atoms with Crippen molar-refractivity contribution in [2.24, 2.45) is 11.1 Å². The van der Waals surface area contributed by atoms with Crippen molar-refractivity contribution >= 4 is 10.2 Å². The van der Waals surface area contributed by atoms with Crippen molar-refractivity contribution in [2.45, 2.75) is 38.7 Å². The third kappa shape index (κ3) is 4.66. The highest BCUT2D eigenvalue weighted by atomic mass is 32.2. The average Bonchev–Trinajstić information content (AvgIpc) is 2.40. The Bertz CT molecular complexity index is 394. The summed E-state index contributed by atoms with van der Waals surface area (Å²) in [5, 5.41) is 5.12. The van der Waals surface area contributed by atoms with Crippen LogP contribution in [0.25, 0.3) is 0 Å². The van der Waals surface area contributed by atoms with Gasteiger partial charge in [-0.25, -0.2) is 5.14 Å². The van der Waals surface area contributed by atoms with Crippen LogP contribution in [0.2, 0.25) is 0 Å². The molecule has 0 radical (unpaired) electrons. The lowest BCUT2D eigenvalue weighted by Gasteiger charge is -2.34. The van der Waals surface area contributed by atoms with Crippen molar-refractivity contribution in [3.05, 3.63) is 0 Å². The Hall–Kier alpha value is -0.210. The van der Waals surface area contributed by atoms with Crippen LogP contribution in [0, 0.1) is 5.92 Å². The van der Waals surface area contributed by atoms with E-state index in [2.05, 4.69) is 11.8 Å². The highest BCUT2D eigenvalue weighted by Crippen LogP contribution is 2.26. The zero-order chi connectivity index (χ0) is 14.6. The number of hydrogen-bond donors (Lipinski definition) is 1. The minimum atomic E-state index is -3.52. The molecule has 2 N–H and O–H groups in total. The summed E-state index contributed by atoms with van der Waals surface area (Å²) < 4.78 is 29.8. The number of ether oxygens (including phenoxy) is 1. The molecule has 1 saturated heterocycles. The molecule has 2 unspecified atom stereocenters. The summed E-state index contributed by atoms with van der Waals surface area (Å²) in [6.07, 6.45) is 5.48. The Morgan fingerprint density at radius 2 is 1.80 bits per heavy atom. The Labute approximate surface area is 122 Å². The molecule has 1 heterocycles. The van der Waals surface area contributed by atoms with E-state index in [-0.39, 0.29) is 0 Å². The first kappa shape index (κ1) is 16.2. The van der Waals surface area contributed by atoms with Gasteiger partial charge in [0.05, 0.1) is 12.7 Å². The second kappa shape index (κ2) is 7.17. The van der Waals surface area contributed by atoms with Crippen molar-refractivity contribution in [1.82, 2.24) is 9.21 Å². The molecule has 1 aliphatic carbocycles. The molecular formula is C13H27N3O3S. The fraction of sp³-hybridized carbons (Fsp3) is 1.00. The molecule has 0 amide bonds. The van der Waals surface area contributed by atoms with E-state index in [9.17, 15) is 8.42 Å². The number of nitrogens with zero attached hydrogens (tertiary/aromatic N) is 2. The van der Waals surface area contributed by atoms with Crippen LogP contribution in [0.3, 0.4) is 0 Å².